The first kappa shape index (κ1) is 16.6. The fraction of sp³-hybridized carbons (Fsp3) is 0.438. The summed E-state index contributed by atoms with van der Waals surface area (Å²) in [4.78, 5) is 7.83. The smallest absolute Gasteiger partial charge is 0.236 e. The third kappa shape index (κ3) is 3.58. The number of aromatic nitrogens is 4. The molecule has 0 spiro atoms. The Balaban J connectivity index is 1.45. The second kappa shape index (κ2) is 7.59. The van der Waals surface area contributed by atoms with E-state index in [9.17, 15) is 0 Å². The molecule has 0 N–H and O–H groups in total. The SMILES string of the molecule is CCn1c(SCc2coc(-c3cccs3)n2)nnc1N1CCOCC1. The Hall–Kier alpha value is -1.84. The van der Waals surface area contributed by atoms with Gasteiger partial charge in [0.15, 0.2) is 5.16 Å². The maximum Gasteiger partial charge on any atom is 0.236 e. The lowest BCUT2D eigenvalue weighted by molar-refractivity contribution is 0.121. The highest BCUT2D eigenvalue weighted by Crippen LogP contribution is 2.28. The Labute approximate surface area is 154 Å². The van der Waals surface area contributed by atoms with Crippen molar-refractivity contribution in [2.24, 2.45) is 0 Å². The van der Waals surface area contributed by atoms with E-state index >= 15 is 0 Å². The zero-order chi connectivity index (χ0) is 17.1. The van der Waals surface area contributed by atoms with Gasteiger partial charge in [0.1, 0.15) is 6.26 Å². The van der Waals surface area contributed by atoms with Gasteiger partial charge < -0.3 is 14.1 Å². The number of thioether (sulfide) groups is 1. The van der Waals surface area contributed by atoms with E-state index in [4.69, 9.17) is 9.15 Å². The lowest BCUT2D eigenvalue weighted by atomic mass is 10.4. The normalized spacial score (nSPS) is 15.0. The standard InChI is InChI=1S/C16H19N5O2S2/c1-2-21-15(20-5-7-22-8-6-20)18-19-16(21)25-11-12-10-23-14(17-12)13-4-3-9-24-13/h3-4,9-10H,2,5-8,11H2,1H3. The van der Waals surface area contributed by atoms with Crippen LogP contribution in [0.2, 0.25) is 0 Å². The number of thiophene rings is 1. The van der Waals surface area contributed by atoms with E-state index in [1.807, 2.05) is 17.5 Å². The minimum absolute atomic E-state index is 0.677. The van der Waals surface area contributed by atoms with Crippen LogP contribution in [-0.4, -0.2) is 46.1 Å². The van der Waals surface area contributed by atoms with E-state index in [1.165, 1.54) is 0 Å². The van der Waals surface area contributed by atoms with Crippen LogP contribution in [0.4, 0.5) is 5.95 Å². The highest BCUT2D eigenvalue weighted by molar-refractivity contribution is 7.98. The van der Waals surface area contributed by atoms with Gasteiger partial charge in [-0.2, -0.15) is 0 Å². The molecule has 0 bridgehead atoms. The minimum atomic E-state index is 0.677. The molecule has 0 aromatic carbocycles. The summed E-state index contributed by atoms with van der Waals surface area (Å²) in [7, 11) is 0. The van der Waals surface area contributed by atoms with E-state index in [0.717, 1.165) is 54.5 Å². The molecule has 0 radical (unpaired) electrons. The zero-order valence-electron chi connectivity index (χ0n) is 13.9. The van der Waals surface area contributed by atoms with Gasteiger partial charge in [-0.1, -0.05) is 17.8 Å². The molecule has 1 aliphatic rings. The van der Waals surface area contributed by atoms with Gasteiger partial charge in [0.05, 0.1) is 23.8 Å². The molecular formula is C16H19N5O2S2. The molecule has 1 fully saturated rings. The van der Waals surface area contributed by atoms with Crippen molar-refractivity contribution in [1.29, 1.82) is 0 Å². The lowest BCUT2D eigenvalue weighted by Crippen LogP contribution is -2.38. The van der Waals surface area contributed by atoms with Gasteiger partial charge in [-0.25, -0.2) is 4.98 Å². The van der Waals surface area contributed by atoms with Crippen molar-refractivity contribution in [3.8, 4) is 10.8 Å². The predicted molar refractivity (Wildman–Crippen MR) is 98.1 cm³/mol. The van der Waals surface area contributed by atoms with Crippen LogP contribution < -0.4 is 4.90 Å². The largest absolute Gasteiger partial charge is 0.444 e. The van der Waals surface area contributed by atoms with E-state index < -0.39 is 0 Å². The van der Waals surface area contributed by atoms with Crippen LogP contribution in [0.3, 0.4) is 0 Å². The Morgan fingerprint density at radius 3 is 2.92 bits per heavy atom. The van der Waals surface area contributed by atoms with Crippen LogP contribution in [0.15, 0.2) is 33.3 Å². The van der Waals surface area contributed by atoms with Crippen molar-refractivity contribution in [3.05, 3.63) is 29.5 Å². The number of oxazole rings is 1. The molecule has 3 aromatic heterocycles. The molecule has 1 saturated heterocycles. The second-order valence-electron chi connectivity index (χ2n) is 5.54. The molecule has 0 atom stereocenters. The summed E-state index contributed by atoms with van der Waals surface area (Å²) in [5.41, 5.74) is 0.909. The summed E-state index contributed by atoms with van der Waals surface area (Å²) in [6.45, 7) is 6.14. The molecule has 0 saturated carbocycles. The van der Waals surface area contributed by atoms with Crippen LogP contribution in [-0.2, 0) is 17.0 Å². The Bertz CT molecular complexity index is 808. The van der Waals surface area contributed by atoms with E-state index in [2.05, 4.69) is 31.6 Å². The molecule has 0 amide bonds. The van der Waals surface area contributed by atoms with Gasteiger partial charge >= 0.3 is 0 Å². The van der Waals surface area contributed by atoms with Crippen LogP contribution in [0, 0.1) is 0 Å². The summed E-state index contributed by atoms with van der Waals surface area (Å²) >= 11 is 3.26. The predicted octanol–water partition coefficient (Wildman–Crippen LogP) is 3.14. The number of rotatable bonds is 6. The second-order valence-corrected chi connectivity index (χ2v) is 7.43. The number of ether oxygens (including phenoxy) is 1. The van der Waals surface area contributed by atoms with Gasteiger partial charge in [0.2, 0.25) is 11.8 Å². The molecule has 25 heavy (non-hydrogen) atoms. The first-order chi connectivity index (χ1) is 12.3. The molecular weight excluding hydrogens is 358 g/mol. The van der Waals surface area contributed by atoms with Crippen LogP contribution in [0.5, 0.6) is 0 Å². The van der Waals surface area contributed by atoms with Gasteiger partial charge in [-0.15, -0.1) is 21.5 Å². The third-order valence-electron chi connectivity index (χ3n) is 3.94. The molecule has 4 heterocycles. The van der Waals surface area contributed by atoms with Gasteiger partial charge in [-0.3, -0.25) is 4.57 Å². The third-order valence-corrected chi connectivity index (χ3v) is 5.80. The molecule has 3 aromatic rings. The number of hydrogen-bond acceptors (Lipinski definition) is 8. The van der Waals surface area contributed by atoms with Crippen LogP contribution in [0.25, 0.3) is 10.8 Å². The maximum absolute atomic E-state index is 5.58. The molecule has 0 aliphatic carbocycles. The number of morpholine rings is 1. The Morgan fingerprint density at radius 2 is 2.16 bits per heavy atom. The fourth-order valence-corrected chi connectivity index (χ4v) is 4.22. The quantitative estimate of drug-likeness (QED) is 0.611. The van der Waals surface area contributed by atoms with Gasteiger partial charge in [-0.05, 0) is 18.4 Å². The summed E-state index contributed by atoms with van der Waals surface area (Å²) < 4.78 is 13.1. The van der Waals surface area contributed by atoms with Crippen molar-refractivity contribution in [3.63, 3.8) is 0 Å². The average Bonchev–Trinajstić information content (AvgIpc) is 3.39. The van der Waals surface area contributed by atoms with E-state index in [1.54, 1.807) is 29.4 Å². The minimum Gasteiger partial charge on any atom is -0.444 e. The summed E-state index contributed by atoms with van der Waals surface area (Å²) in [5.74, 6) is 2.31. The first-order valence-electron chi connectivity index (χ1n) is 8.22. The maximum atomic E-state index is 5.58. The summed E-state index contributed by atoms with van der Waals surface area (Å²) in [6.07, 6.45) is 1.72. The molecule has 132 valence electrons. The van der Waals surface area contributed by atoms with Gasteiger partial charge in [0.25, 0.3) is 0 Å². The van der Waals surface area contributed by atoms with Crippen molar-refractivity contribution in [2.75, 3.05) is 31.2 Å². The van der Waals surface area contributed by atoms with Gasteiger partial charge in [0, 0.05) is 25.4 Å². The number of anilines is 1. The lowest BCUT2D eigenvalue weighted by Gasteiger charge is -2.27. The average molecular weight is 377 g/mol. The summed E-state index contributed by atoms with van der Waals surface area (Å²) in [5, 5.41) is 11.7. The fourth-order valence-electron chi connectivity index (χ4n) is 2.69. The molecule has 0 unspecified atom stereocenters. The molecule has 4 rings (SSSR count). The van der Waals surface area contributed by atoms with Crippen molar-refractivity contribution in [2.45, 2.75) is 24.4 Å². The van der Waals surface area contributed by atoms with E-state index in [0.29, 0.717) is 11.6 Å². The molecule has 7 nitrogen and oxygen atoms in total. The van der Waals surface area contributed by atoms with Crippen molar-refractivity contribution < 1.29 is 9.15 Å². The Morgan fingerprint density at radius 1 is 1.28 bits per heavy atom. The summed E-state index contributed by atoms with van der Waals surface area (Å²) in [6, 6.07) is 4.01. The highest BCUT2D eigenvalue weighted by Gasteiger charge is 2.20. The number of hydrogen-bond donors (Lipinski definition) is 0. The van der Waals surface area contributed by atoms with Crippen molar-refractivity contribution in [1.82, 2.24) is 19.7 Å². The van der Waals surface area contributed by atoms with Crippen molar-refractivity contribution >= 4 is 29.0 Å². The number of nitrogens with zero attached hydrogens (tertiary/aromatic N) is 5. The monoisotopic (exact) mass is 377 g/mol. The topological polar surface area (TPSA) is 69.2 Å². The molecule has 9 heteroatoms. The Kier molecular flexibility index (Phi) is 5.04. The van der Waals surface area contributed by atoms with Crippen LogP contribution in [0.1, 0.15) is 12.6 Å². The highest BCUT2D eigenvalue weighted by atomic mass is 32.2. The first-order valence-corrected chi connectivity index (χ1v) is 10.1. The van der Waals surface area contributed by atoms with E-state index in [-0.39, 0.29) is 0 Å². The molecule has 1 aliphatic heterocycles. The zero-order valence-corrected chi connectivity index (χ0v) is 15.6. The van der Waals surface area contributed by atoms with Crippen LogP contribution >= 0.6 is 23.1 Å².